The molecule has 0 aliphatic heterocycles. The van der Waals surface area contributed by atoms with Gasteiger partial charge in [-0.15, -0.1) is 24.8 Å². The number of aromatic nitrogens is 1. The predicted molar refractivity (Wildman–Crippen MR) is 54.1 cm³/mol. The highest BCUT2D eigenvalue weighted by Crippen LogP contribution is 2.38. The predicted octanol–water partition coefficient (Wildman–Crippen LogP) is 1.74. The normalized spacial score (nSPS) is 25.1. The lowest BCUT2D eigenvalue weighted by Gasteiger charge is -1.93. The van der Waals surface area contributed by atoms with Gasteiger partial charge in [-0.05, 0) is 18.1 Å². The first-order valence-corrected chi connectivity index (χ1v) is 3.53. The van der Waals surface area contributed by atoms with E-state index in [1.54, 1.807) is 6.20 Å². The summed E-state index contributed by atoms with van der Waals surface area (Å²) in [6.45, 7) is 0. The summed E-state index contributed by atoms with van der Waals surface area (Å²) in [5.41, 5.74) is 6.96. The number of halogens is 2. The molecule has 4 heteroatoms. The van der Waals surface area contributed by atoms with E-state index in [0.29, 0.717) is 12.0 Å². The van der Waals surface area contributed by atoms with Crippen LogP contribution in [0.1, 0.15) is 17.9 Å². The third-order valence-corrected chi connectivity index (χ3v) is 1.95. The van der Waals surface area contributed by atoms with Gasteiger partial charge in [0.2, 0.25) is 0 Å². The molecule has 0 spiro atoms. The summed E-state index contributed by atoms with van der Waals surface area (Å²) in [6.07, 6.45) is 4.82. The van der Waals surface area contributed by atoms with Gasteiger partial charge >= 0.3 is 0 Å². The zero-order chi connectivity index (χ0) is 6.97. The van der Waals surface area contributed by atoms with Crippen molar-refractivity contribution in [2.75, 3.05) is 0 Å². The molecule has 1 heterocycles. The lowest BCUT2D eigenvalue weighted by atomic mass is 10.2. The lowest BCUT2D eigenvalue weighted by Crippen LogP contribution is -2.00. The Morgan fingerprint density at radius 2 is 2.08 bits per heavy atom. The first-order valence-electron chi connectivity index (χ1n) is 3.53. The Kier molecular flexibility index (Phi) is 4.53. The zero-order valence-electron chi connectivity index (χ0n) is 6.51. The first kappa shape index (κ1) is 11.7. The van der Waals surface area contributed by atoms with Crippen molar-refractivity contribution in [2.24, 2.45) is 5.73 Å². The Bertz CT molecular complexity index is 228. The lowest BCUT2D eigenvalue weighted by molar-refractivity contribution is 0.981. The number of nitrogens with zero attached hydrogens (tertiary/aromatic N) is 1. The molecule has 1 aliphatic carbocycles. The molecule has 12 heavy (non-hydrogen) atoms. The number of nitrogens with two attached hydrogens (primary N) is 1. The van der Waals surface area contributed by atoms with Crippen LogP contribution in [0, 0.1) is 0 Å². The molecule has 0 amide bonds. The van der Waals surface area contributed by atoms with Crippen LogP contribution in [-0.4, -0.2) is 11.0 Å². The quantitative estimate of drug-likeness (QED) is 0.761. The second-order valence-corrected chi connectivity index (χ2v) is 2.79. The van der Waals surface area contributed by atoms with Gasteiger partial charge in [0.1, 0.15) is 0 Å². The molecule has 1 saturated carbocycles. The summed E-state index contributed by atoms with van der Waals surface area (Å²) in [6, 6.07) is 4.44. The van der Waals surface area contributed by atoms with Gasteiger partial charge < -0.3 is 5.73 Å². The van der Waals surface area contributed by atoms with E-state index >= 15 is 0 Å². The first-order chi connectivity index (χ1) is 4.88. The zero-order valence-corrected chi connectivity index (χ0v) is 8.15. The minimum Gasteiger partial charge on any atom is -0.327 e. The topological polar surface area (TPSA) is 38.9 Å². The summed E-state index contributed by atoms with van der Waals surface area (Å²) in [4.78, 5) is 4.02. The number of hydrogen-bond donors (Lipinski definition) is 1. The molecule has 2 rings (SSSR count). The van der Waals surface area contributed by atoms with E-state index < -0.39 is 0 Å². The summed E-state index contributed by atoms with van der Waals surface area (Å²) < 4.78 is 0. The molecule has 2 N–H and O–H groups in total. The van der Waals surface area contributed by atoms with Gasteiger partial charge in [-0.2, -0.15) is 0 Å². The standard InChI is InChI=1S/C8H10N2.2ClH/c9-8-4-7(8)6-2-1-3-10-5-6;;/h1-3,5,7-8H,4,9H2;2*1H/t7-,8+;;/m0../s1. The van der Waals surface area contributed by atoms with Crippen LogP contribution in [0.2, 0.25) is 0 Å². The summed E-state index contributed by atoms with van der Waals surface area (Å²) in [5.74, 6) is 0.591. The Morgan fingerprint density at radius 1 is 1.42 bits per heavy atom. The van der Waals surface area contributed by atoms with Crippen LogP contribution in [0.3, 0.4) is 0 Å². The van der Waals surface area contributed by atoms with Crippen molar-refractivity contribution in [1.82, 2.24) is 4.98 Å². The Morgan fingerprint density at radius 3 is 2.50 bits per heavy atom. The van der Waals surface area contributed by atoms with Gasteiger partial charge in [0.05, 0.1) is 0 Å². The van der Waals surface area contributed by atoms with Crippen molar-refractivity contribution in [3.63, 3.8) is 0 Å². The second kappa shape index (κ2) is 4.65. The smallest absolute Gasteiger partial charge is 0.0303 e. The van der Waals surface area contributed by atoms with E-state index in [4.69, 9.17) is 5.73 Å². The molecule has 2 atom stereocenters. The maximum Gasteiger partial charge on any atom is 0.0303 e. The molecule has 1 aromatic heterocycles. The van der Waals surface area contributed by atoms with Crippen molar-refractivity contribution in [3.8, 4) is 0 Å². The average Bonchev–Trinajstić information content (AvgIpc) is 2.69. The SMILES string of the molecule is Cl.Cl.N[C@@H]1C[C@H]1c1cccnc1. The fourth-order valence-electron chi connectivity index (χ4n) is 1.19. The van der Waals surface area contributed by atoms with Crippen molar-refractivity contribution in [2.45, 2.75) is 18.4 Å². The molecule has 0 bridgehead atoms. The highest BCUT2D eigenvalue weighted by Gasteiger charge is 2.34. The third-order valence-electron chi connectivity index (χ3n) is 1.95. The van der Waals surface area contributed by atoms with Crippen molar-refractivity contribution < 1.29 is 0 Å². The maximum absolute atomic E-state index is 5.67. The Labute approximate surface area is 84.4 Å². The largest absolute Gasteiger partial charge is 0.327 e. The molecule has 1 fully saturated rings. The van der Waals surface area contributed by atoms with Crippen LogP contribution in [0.4, 0.5) is 0 Å². The van der Waals surface area contributed by atoms with Crippen LogP contribution in [0.25, 0.3) is 0 Å². The van der Waals surface area contributed by atoms with Crippen LogP contribution >= 0.6 is 24.8 Å². The maximum atomic E-state index is 5.67. The number of rotatable bonds is 1. The number of pyridine rings is 1. The average molecular weight is 207 g/mol. The van der Waals surface area contributed by atoms with Gasteiger partial charge in [0.25, 0.3) is 0 Å². The van der Waals surface area contributed by atoms with Crippen LogP contribution in [0.5, 0.6) is 0 Å². The highest BCUT2D eigenvalue weighted by atomic mass is 35.5. The van der Waals surface area contributed by atoms with Gasteiger partial charge in [-0.25, -0.2) is 0 Å². The van der Waals surface area contributed by atoms with Crippen LogP contribution < -0.4 is 5.73 Å². The molecule has 1 aliphatic rings. The fourth-order valence-corrected chi connectivity index (χ4v) is 1.19. The minimum atomic E-state index is 0. The van der Waals surface area contributed by atoms with E-state index in [1.807, 2.05) is 12.3 Å². The van der Waals surface area contributed by atoms with Crippen LogP contribution in [0.15, 0.2) is 24.5 Å². The van der Waals surface area contributed by atoms with Crippen molar-refractivity contribution in [1.29, 1.82) is 0 Å². The van der Waals surface area contributed by atoms with E-state index in [2.05, 4.69) is 11.1 Å². The second-order valence-electron chi connectivity index (χ2n) is 2.79. The Balaban J connectivity index is 0.000000605. The van der Waals surface area contributed by atoms with E-state index in [-0.39, 0.29) is 24.8 Å². The van der Waals surface area contributed by atoms with Gasteiger partial charge in [0, 0.05) is 24.4 Å². The van der Waals surface area contributed by atoms with Gasteiger partial charge in [-0.1, -0.05) is 6.07 Å². The molecular weight excluding hydrogens is 195 g/mol. The van der Waals surface area contributed by atoms with E-state index in [9.17, 15) is 0 Å². The van der Waals surface area contributed by atoms with Crippen LogP contribution in [-0.2, 0) is 0 Å². The van der Waals surface area contributed by atoms with Crippen molar-refractivity contribution >= 4 is 24.8 Å². The molecule has 68 valence electrons. The van der Waals surface area contributed by atoms with Gasteiger partial charge in [0.15, 0.2) is 0 Å². The third kappa shape index (κ3) is 2.34. The van der Waals surface area contributed by atoms with Gasteiger partial charge in [-0.3, -0.25) is 4.98 Å². The summed E-state index contributed by atoms with van der Waals surface area (Å²) >= 11 is 0. The molecule has 0 aromatic carbocycles. The van der Waals surface area contributed by atoms with Crippen molar-refractivity contribution in [3.05, 3.63) is 30.1 Å². The minimum absolute atomic E-state index is 0. The number of hydrogen-bond acceptors (Lipinski definition) is 2. The fraction of sp³-hybridized carbons (Fsp3) is 0.375. The molecule has 2 nitrogen and oxygen atoms in total. The molecule has 0 saturated heterocycles. The van der Waals surface area contributed by atoms with E-state index in [1.165, 1.54) is 5.56 Å². The summed E-state index contributed by atoms with van der Waals surface area (Å²) in [5, 5.41) is 0. The molecular formula is C8H12Cl2N2. The van der Waals surface area contributed by atoms with E-state index in [0.717, 1.165) is 6.42 Å². The molecule has 0 unspecified atom stereocenters. The monoisotopic (exact) mass is 206 g/mol. The summed E-state index contributed by atoms with van der Waals surface area (Å²) in [7, 11) is 0. The Hall–Kier alpha value is -0.310. The molecule has 0 radical (unpaired) electrons. The highest BCUT2D eigenvalue weighted by molar-refractivity contribution is 5.85. The molecule has 1 aromatic rings.